The van der Waals surface area contributed by atoms with Crippen molar-refractivity contribution in [3.8, 4) is 17.2 Å². The molecule has 0 saturated heterocycles. The van der Waals surface area contributed by atoms with Crippen LogP contribution in [0.3, 0.4) is 0 Å². The zero-order valence-corrected chi connectivity index (χ0v) is 21.3. The van der Waals surface area contributed by atoms with Crippen molar-refractivity contribution >= 4 is 49.5 Å². The minimum absolute atomic E-state index is 0.00342. The molecule has 0 aliphatic carbocycles. The van der Waals surface area contributed by atoms with E-state index in [9.17, 15) is 28.4 Å². The number of phenolic OH excluding ortho intramolecular Hbond substituents is 1. The van der Waals surface area contributed by atoms with Crippen molar-refractivity contribution in [2.45, 2.75) is 4.90 Å². The maximum absolute atomic E-state index is 13.2. The second-order valence-electron chi connectivity index (χ2n) is 8.02. The highest BCUT2D eigenvalue weighted by Gasteiger charge is 2.21. The number of azo groups is 1. The highest BCUT2D eigenvalue weighted by Crippen LogP contribution is 2.41. The largest absolute Gasteiger partial charge is 0.505 e. The van der Waals surface area contributed by atoms with Gasteiger partial charge in [-0.1, -0.05) is 24.3 Å². The molecule has 1 amide bonds. The Morgan fingerprint density at radius 1 is 1.00 bits per heavy atom. The molecule has 0 aliphatic rings. The number of fused-ring (bicyclic) bond motifs is 1. The summed E-state index contributed by atoms with van der Waals surface area (Å²) in [4.78, 5) is 23.6. The summed E-state index contributed by atoms with van der Waals surface area (Å²) in [6.45, 7) is 0. The average Bonchev–Trinajstić information content (AvgIpc) is 2.91. The number of anilines is 1. The Balaban J connectivity index is 1.82. The number of rotatable bonds is 8. The predicted octanol–water partition coefficient (Wildman–Crippen LogP) is 4.79. The molecule has 4 N–H and O–H groups in total. The van der Waals surface area contributed by atoms with E-state index in [0.717, 1.165) is 12.1 Å². The number of sulfonamides is 1. The van der Waals surface area contributed by atoms with Gasteiger partial charge in [0.25, 0.3) is 11.6 Å². The van der Waals surface area contributed by atoms with Crippen LogP contribution >= 0.6 is 0 Å². The van der Waals surface area contributed by atoms with E-state index in [4.69, 9.17) is 14.6 Å². The summed E-state index contributed by atoms with van der Waals surface area (Å²) in [6, 6.07) is 15.6. The topological polar surface area (TPSA) is 196 Å². The first-order chi connectivity index (χ1) is 18.5. The normalized spacial score (nSPS) is 11.5. The Bertz CT molecular complexity index is 1760. The van der Waals surface area contributed by atoms with Crippen LogP contribution in [0.2, 0.25) is 0 Å². The number of nitrogens with two attached hydrogens (primary N) is 1. The van der Waals surface area contributed by atoms with Gasteiger partial charge in [0.05, 0.1) is 35.3 Å². The lowest BCUT2D eigenvalue weighted by Gasteiger charge is -2.13. The van der Waals surface area contributed by atoms with Crippen molar-refractivity contribution in [1.82, 2.24) is 0 Å². The Hall–Kier alpha value is -5.08. The number of nitro groups is 1. The van der Waals surface area contributed by atoms with E-state index in [0.29, 0.717) is 10.8 Å². The van der Waals surface area contributed by atoms with Gasteiger partial charge in [-0.05, 0) is 35.7 Å². The smallest absolute Gasteiger partial charge is 0.271 e. The Morgan fingerprint density at radius 3 is 2.36 bits per heavy atom. The van der Waals surface area contributed by atoms with Gasteiger partial charge in [0.15, 0.2) is 5.75 Å². The summed E-state index contributed by atoms with van der Waals surface area (Å²) in [5.41, 5.74) is -0.562. The summed E-state index contributed by atoms with van der Waals surface area (Å²) in [5, 5.41) is 39.2. The molecule has 14 heteroatoms. The molecule has 0 fully saturated rings. The molecule has 4 aromatic rings. The number of methoxy groups -OCH3 is 2. The van der Waals surface area contributed by atoms with Gasteiger partial charge in [0.2, 0.25) is 10.0 Å². The number of aromatic hydroxyl groups is 1. The Kier molecular flexibility index (Phi) is 7.42. The highest BCUT2D eigenvalue weighted by molar-refractivity contribution is 7.89. The number of carbonyl (C=O) groups is 1. The number of nitrogens with one attached hydrogen (secondary N) is 1. The lowest BCUT2D eigenvalue weighted by Crippen LogP contribution is -2.13. The molecule has 4 aromatic carbocycles. The van der Waals surface area contributed by atoms with Crippen LogP contribution < -0.4 is 19.9 Å². The number of amides is 1. The zero-order valence-electron chi connectivity index (χ0n) is 20.5. The molecule has 0 bridgehead atoms. The number of non-ortho nitro benzene ring substituents is 1. The lowest BCUT2D eigenvalue weighted by molar-refractivity contribution is -0.384. The number of primary sulfonamides is 1. The Morgan fingerprint density at radius 2 is 1.69 bits per heavy atom. The van der Waals surface area contributed by atoms with Crippen molar-refractivity contribution in [3.63, 3.8) is 0 Å². The van der Waals surface area contributed by atoms with Gasteiger partial charge >= 0.3 is 0 Å². The number of hydrogen-bond acceptors (Lipinski definition) is 10. The van der Waals surface area contributed by atoms with Crippen molar-refractivity contribution < 1.29 is 32.7 Å². The van der Waals surface area contributed by atoms with Crippen LogP contribution in [0.1, 0.15) is 10.4 Å². The van der Waals surface area contributed by atoms with Crippen molar-refractivity contribution in [2.75, 3.05) is 19.5 Å². The molecule has 0 aromatic heterocycles. The fraction of sp³-hybridized carbons (Fsp3) is 0.0800. The SMILES string of the molecule is COc1ccc(S(N)(=O)=O)cc1N=Nc1c(O)c(C(=O)Nc2cc([N+](=O)[O-])ccc2OC)cc2ccccc12. The van der Waals surface area contributed by atoms with E-state index in [1.165, 1.54) is 44.6 Å². The van der Waals surface area contributed by atoms with Crippen molar-refractivity contribution in [3.05, 3.63) is 82.4 Å². The quantitative estimate of drug-likeness (QED) is 0.158. The van der Waals surface area contributed by atoms with Crippen LogP contribution in [0.15, 0.2) is 81.9 Å². The lowest BCUT2D eigenvalue weighted by atomic mass is 10.0. The second kappa shape index (κ2) is 10.7. The second-order valence-corrected chi connectivity index (χ2v) is 9.58. The zero-order chi connectivity index (χ0) is 28.3. The molecule has 0 saturated carbocycles. The third-order valence-corrected chi connectivity index (χ3v) is 6.53. The van der Waals surface area contributed by atoms with Gasteiger partial charge in [-0.3, -0.25) is 14.9 Å². The van der Waals surface area contributed by atoms with Gasteiger partial charge in [-0.15, -0.1) is 10.2 Å². The molecule has 200 valence electrons. The van der Waals surface area contributed by atoms with E-state index in [-0.39, 0.29) is 44.7 Å². The average molecular weight is 552 g/mol. The molecule has 13 nitrogen and oxygen atoms in total. The van der Waals surface area contributed by atoms with E-state index in [1.54, 1.807) is 24.3 Å². The van der Waals surface area contributed by atoms with Crippen LogP contribution in [-0.2, 0) is 10.0 Å². The predicted molar refractivity (Wildman–Crippen MR) is 142 cm³/mol. The number of nitro benzene ring substituents is 1. The maximum atomic E-state index is 13.2. The number of hydrogen-bond donors (Lipinski definition) is 3. The van der Waals surface area contributed by atoms with Gasteiger partial charge < -0.3 is 19.9 Å². The van der Waals surface area contributed by atoms with Gasteiger partial charge in [-0.25, -0.2) is 13.6 Å². The van der Waals surface area contributed by atoms with E-state index in [1.807, 2.05) is 0 Å². The summed E-state index contributed by atoms with van der Waals surface area (Å²) >= 11 is 0. The fourth-order valence-electron chi connectivity index (χ4n) is 3.72. The number of carbonyl (C=O) groups excluding carboxylic acids is 1. The summed E-state index contributed by atoms with van der Waals surface area (Å²) in [6.07, 6.45) is 0. The van der Waals surface area contributed by atoms with Crippen LogP contribution in [0.4, 0.5) is 22.7 Å². The molecule has 0 radical (unpaired) electrons. The minimum Gasteiger partial charge on any atom is -0.505 e. The minimum atomic E-state index is -4.05. The van der Waals surface area contributed by atoms with Gasteiger partial charge in [0, 0.05) is 17.5 Å². The van der Waals surface area contributed by atoms with Gasteiger partial charge in [0.1, 0.15) is 22.9 Å². The van der Waals surface area contributed by atoms with Crippen LogP contribution in [0.25, 0.3) is 10.8 Å². The summed E-state index contributed by atoms with van der Waals surface area (Å²) < 4.78 is 34.0. The molecule has 4 rings (SSSR count). The third kappa shape index (κ3) is 5.61. The first-order valence-electron chi connectivity index (χ1n) is 11.0. The van der Waals surface area contributed by atoms with Crippen molar-refractivity contribution in [1.29, 1.82) is 0 Å². The molecule has 0 atom stereocenters. The molecular weight excluding hydrogens is 530 g/mol. The molecule has 0 unspecified atom stereocenters. The molecule has 0 spiro atoms. The van der Waals surface area contributed by atoms with Gasteiger partial charge in [-0.2, -0.15) is 0 Å². The number of ether oxygens (including phenoxy) is 2. The molecular formula is C25H21N5O8S. The van der Waals surface area contributed by atoms with E-state index < -0.39 is 26.6 Å². The third-order valence-electron chi connectivity index (χ3n) is 5.62. The first kappa shape index (κ1) is 27.0. The van der Waals surface area contributed by atoms with Crippen molar-refractivity contribution in [2.24, 2.45) is 15.4 Å². The van der Waals surface area contributed by atoms with Crippen LogP contribution in [0, 0.1) is 10.1 Å². The first-order valence-corrected chi connectivity index (χ1v) is 12.6. The summed E-state index contributed by atoms with van der Waals surface area (Å²) in [7, 11) is -1.36. The highest BCUT2D eigenvalue weighted by atomic mass is 32.2. The van der Waals surface area contributed by atoms with Crippen LogP contribution in [-0.4, -0.2) is 38.6 Å². The van der Waals surface area contributed by atoms with E-state index in [2.05, 4.69) is 15.5 Å². The van der Waals surface area contributed by atoms with E-state index >= 15 is 0 Å². The molecule has 39 heavy (non-hydrogen) atoms. The maximum Gasteiger partial charge on any atom is 0.271 e. The number of phenols is 1. The Labute approximate surface area is 221 Å². The molecule has 0 aliphatic heterocycles. The monoisotopic (exact) mass is 551 g/mol. The van der Waals surface area contributed by atoms with Crippen LogP contribution in [0.5, 0.6) is 17.2 Å². The number of benzene rings is 4. The standard InChI is InChI=1S/C25H21N5O8S/c1-37-21-9-7-15(30(33)34)12-19(21)27-25(32)18-11-14-5-3-4-6-17(14)23(24(18)31)29-28-20-13-16(39(26,35)36)8-10-22(20)38-2/h3-13,31H,1-2H3,(H,27,32)(H2,26,35,36). The summed E-state index contributed by atoms with van der Waals surface area (Å²) in [5.74, 6) is -0.999. The number of nitrogens with zero attached hydrogens (tertiary/aromatic N) is 3. The molecule has 0 heterocycles. The fourth-order valence-corrected chi connectivity index (χ4v) is 4.25.